The number of nitrogens with zero attached hydrogens (tertiary/aromatic N) is 1. The van der Waals surface area contributed by atoms with Gasteiger partial charge in [-0.05, 0) is 18.4 Å². The number of likely N-dealkylation sites (tertiary alicyclic amines) is 1. The minimum atomic E-state index is -4.61. The van der Waals surface area contributed by atoms with Gasteiger partial charge in [-0.3, -0.25) is 9.64 Å². The largest absolute Gasteiger partial charge is 0.524 e. The topological polar surface area (TPSA) is 12.5 Å². The Morgan fingerprint density at radius 2 is 1.65 bits per heavy atom. The number of rotatable bonds is 3. The van der Waals surface area contributed by atoms with E-state index in [0.717, 1.165) is 12.8 Å². The Bertz CT molecular complexity index is 347. The Labute approximate surface area is 98.0 Å². The third-order valence-corrected chi connectivity index (χ3v) is 2.80. The molecule has 0 radical (unpaired) electrons. The van der Waals surface area contributed by atoms with Crippen LogP contribution < -0.4 is 0 Å². The van der Waals surface area contributed by atoms with Crippen LogP contribution in [-0.2, 0) is 4.74 Å². The van der Waals surface area contributed by atoms with Crippen molar-refractivity contribution in [2.75, 3.05) is 13.1 Å². The van der Waals surface area contributed by atoms with Gasteiger partial charge in [-0.25, -0.2) is 0 Å². The summed E-state index contributed by atoms with van der Waals surface area (Å²) in [5.41, 5.74) is 0.548. The zero-order chi connectivity index (χ0) is 12.3. The molecule has 0 amide bonds. The van der Waals surface area contributed by atoms with Crippen molar-refractivity contribution in [3.05, 3.63) is 35.9 Å². The Morgan fingerprint density at radius 3 is 2.18 bits per heavy atom. The fourth-order valence-corrected chi connectivity index (χ4v) is 2.07. The molecule has 1 aromatic rings. The molecule has 0 spiro atoms. The molecule has 0 bridgehead atoms. The first-order valence-electron chi connectivity index (χ1n) is 5.60. The van der Waals surface area contributed by atoms with E-state index in [4.69, 9.17) is 0 Å². The van der Waals surface area contributed by atoms with Crippen LogP contribution in [0, 0.1) is 0 Å². The molecule has 0 saturated carbocycles. The van der Waals surface area contributed by atoms with Crippen LogP contribution in [0.15, 0.2) is 30.3 Å². The molecule has 1 fully saturated rings. The summed E-state index contributed by atoms with van der Waals surface area (Å²) in [6, 6.07) is 8.54. The number of hydrogen-bond acceptors (Lipinski definition) is 2. The third-order valence-electron chi connectivity index (χ3n) is 2.80. The molecule has 1 aliphatic rings. The molecular formula is C12H14F3NO. The van der Waals surface area contributed by atoms with E-state index in [1.165, 1.54) is 0 Å². The number of alkyl halides is 3. The zero-order valence-corrected chi connectivity index (χ0v) is 9.28. The maximum absolute atomic E-state index is 12.4. The third kappa shape index (κ3) is 3.44. The van der Waals surface area contributed by atoms with Crippen molar-refractivity contribution >= 4 is 0 Å². The molecule has 5 heteroatoms. The summed E-state index contributed by atoms with van der Waals surface area (Å²) in [5.74, 6) is 0. The van der Waals surface area contributed by atoms with Gasteiger partial charge in [0.2, 0.25) is 0 Å². The SMILES string of the molecule is FC(F)(F)OC(c1ccccc1)N1CCCC1. The fourth-order valence-electron chi connectivity index (χ4n) is 2.07. The first-order valence-corrected chi connectivity index (χ1v) is 5.60. The lowest BCUT2D eigenvalue weighted by atomic mass is 10.2. The summed E-state index contributed by atoms with van der Waals surface area (Å²) >= 11 is 0. The van der Waals surface area contributed by atoms with Gasteiger partial charge < -0.3 is 0 Å². The highest BCUT2D eigenvalue weighted by molar-refractivity contribution is 5.17. The van der Waals surface area contributed by atoms with Crippen molar-refractivity contribution in [2.24, 2.45) is 0 Å². The highest BCUT2D eigenvalue weighted by Crippen LogP contribution is 2.32. The number of benzene rings is 1. The summed E-state index contributed by atoms with van der Waals surface area (Å²) in [4.78, 5) is 1.73. The minimum absolute atomic E-state index is 0.548. The van der Waals surface area contributed by atoms with Gasteiger partial charge in [-0.1, -0.05) is 30.3 Å². The van der Waals surface area contributed by atoms with Crippen molar-refractivity contribution in [3.8, 4) is 0 Å². The van der Waals surface area contributed by atoms with Crippen LogP contribution in [-0.4, -0.2) is 24.4 Å². The highest BCUT2D eigenvalue weighted by Gasteiger charge is 2.37. The number of ether oxygens (including phenoxy) is 1. The van der Waals surface area contributed by atoms with Gasteiger partial charge >= 0.3 is 6.36 Å². The molecule has 2 nitrogen and oxygen atoms in total. The van der Waals surface area contributed by atoms with E-state index in [2.05, 4.69) is 4.74 Å². The second-order valence-electron chi connectivity index (χ2n) is 4.07. The molecule has 1 atom stereocenters. The monoisotopic (exact) mass is 245 g/mol. The molecule has 1 aromatic carbocycles. The zero-order valence-electron chi connectivity index (χ0n) is 9.28. The Morgan fingerprint density at radius 1 is 1.06 bits per heavy atom. The molecule has 1 heterocycles. The van der Waals surface area contributed by atoms with Gasteiger partial charge in [0.05, 0.1) is 0 Å². The van der Waals surface area contributed by atoms with Crippen LogP contribution in [0.3, 0.4) is 0 Å². The van der Waals surface area contributed by atoms with Crippen molar-refractivity contribution in [3.63, 3.8) is 0 Å². The van der Waals surface area contributed by atoms with Crippen LogP contribution in [0.1, 0.15) is 24.6 Å². The first-order chi connectivity index (χ1) is 8.06. The molecular weight excluding hydrogens is 231 g/mol. The standard InChI is InChI=1S/C12H14F3NO/c13-12(14,15)17-11(16-8-4-5-9-16)10-6-2-1-3-7-10/h1-3,6-7,11H,4-5,8-9H2. The molecule has 2 rings (SSSR count). The van der Waals surface area contributed by atoms with E-state index in [0.29, 0.717) is 18.7 Å². The summed E-state index contributed by atoms with van der Waals surface area (Å²) in [7, 11) is 0. The lowest BCUT2D eigenvalue weighted by molar-refractivity contribution is -0.362. The van der Waals surface area contributed by atoms with Crippen LogP contribution in [0.5, 0.6) is 0 Å². The van der Waals surface area contributed by atoms with Crippen molar-refractivity contribution in [1.82, 2.24) is 4.90 Å². The van der Waals surface area contributed by atoms with Gasteiger partial charge in [0.1, 0.15) is 6.23 Å². The van der Waals surface area contributed by atoms with E-state index < -0.39 is 12.6 Å². The van der Waals surface area contributed by atoms with E-state index in [1.807, 2.05) is 0 Å². The van der Waals surface area contributed by atoms with E-state index in [1.54, 1.807) is 35.2 Å². The fraction of sp³-hybridized carbons (Fsp3) is 0.500. The lowest BCUT2D eigenvalue weighted by Gasteiger charge is -2.28. The summed E-state index contributed by atoms with van der Waals surface area (Å²) in [6.07, 6.45) is -3.78. The maximum Gasteiger partial charge on any atom is 0.524 e. The van der Waals surface area contributed by atoms with Gasteiger partial charge in [-0.15, -0.1) is 13.2 Å². The second-order valence-corrected chi connectivity index (χ2v) is 4.07. The smallest absolute Gasteiger partial charge is 0.274 e. The quantitative estimate of drug-likeness (QED) is 0.810. The number of hydrogen-bond donors (Lipinski definition) is 0. The van der Waals surface area contributed by atoms with Crippen molar-refractivity contribution in [2.45, 2.75) is 25.4 Å². The Hall–Kier alpha value is -1.07. The maximum atomic E-state index is 12.4. The molecule has 94 valence electrons. The van der Waals surface area contributed by atoms with Gasteiger partial charge in [0, 0.05) is 13.1 Å². The highest BCUT2D eigenvalue weighted by atomic mass is 19.4. The molecule has 0 N–H and O–H groups in total. The lowest BCUT2D eigenvalue weighted by Crippen LogP contribution is -2.32. The van der Waals surface area contributed by atoms with Crippen LogP contribution in [0.4, 0.5) is 13.2 Å². The first kappa shape index (κ1) is 12.4. The van der Waals surface area contributed by atoms with Crippen molar-refractivity contribution < 1.29 is 17.9 Å². The average Bonchev–Trinajstić information content (AvgIpc) is 2.79. The van der Waals surface area contributed by atoms with Crippen LogP contribution >= 0.6 is 0 Å². The number of halogens is 3. The van der Waals surface area contributed by atoms with E-state index in [-0.39, 0.29) is 0 Å². The molecule has 17 heavy (non-hydrogen) atoms. The second kappa shape index (κ2) is 5.06. The van der Waals surface area contributed by atoms with Gasteiger partial charge in [0.25, 0.3) is 0 Å². The normalized spacial score (nSPS) is 19.5. The molecule has 0 aromatic heterocycles. The summed E-state index contributed by atoms with van der Waals surface area (Å²) in [5, 5.41) is 0. The Balaban J connectivity index is 2.17. The minimum Gasteiger partial charge on any atom is -0.274 e. The predicted octanol–water partition coefficient (Wildman–Crippen LogP) is 3.32. The molecule has 1 saturated heterocycles. The van der Waals surface area contributed by atoms with Gasteiger partial charge in [-0.2, -0.15) is 0 Å². The van der Waals surface area contributed by atoms with Crippen LogP contribution in [0.2, 0.25) is 0 Å². The van der Waals surface area contributed by atoms with Gasteiger partial charge in [0.15, 0.2) is 0 Å². The van der Waals surface area contributed by atoms with E-state index >= 15 is 0 Å². The Kier molecular flexibility index (Phi) is 3.69. The van der Waals surface area contributed by atoms with Crippen molar-refractivity contribution in [1.29, 1.82) is 0 Å². The summed E-state index contributed by atoms with van der Waals surface area (Å²) in [6.45, 7) is 1.30. The predicted molar refractivity (Wildman–Crippen MR) is 57.1 cm³/mol. The molecule has 1 aliphatic heterocycles. The average molecular weight is 245 g/mol. The van der Waals surface area contributed by atoms with E-state index in [9.17, 15) is 13.2 Å². The molecule has 0 aliphatic carbocycles. The van der Waals surface area contributed by atoms with Crippen LogP contribution in [0.25, 0.3) is 0 Å². The summed E-state index contributed by atoms with van der Waals surface area (Å²) < 4.78 is 41.4. The molecule has 1 unspecified atom stereocenters.